The van der Waals surface area contributed by atoms with Crippen LogP contribution >= 0.6 is 0 Å². The minimum atomic E-state index is -3.94. The summed E-state index contributed by atoms with van der Waals surface area (Å²) >= 11 is 0. The van der Waals surface area contributed by atoms with Crippen molar-refractivity contribution in [1.82, 2.24) is 9.21 Å². The van der Waals surface area contributed by atoms with Crippen LogP contribution in [0, 0.1) is 13.8 Å². The number of aryl methyl sites for hydroxylation is 2. The lowest BCUT2D eigenvalue weighted by Crippen LogP contribution is -2.36. The van der Waals surface area contributed by atoms with Crippen molar-refractivity contribution >= 4 is 16.0 Å². The SMILES string of the molecule is Cc1ccc(CN(CCN(C)C)S(=O)(=O)c2cc(C(=O)O)oc2C)o1. The Morgan fingerprint density at radius 3 is 2.32 bits per heavy atom. The number of carboxylic acid groups (broad SMARTS) is 1. The van der Waals surface area contributed by atoms with Gasteiger partial charge in [0.15, 0.2) is 0 Å². The molecule has 1 N–H and O–H groups in total. The van der Waals surface area contributed by atoms with E-state index in [1.807, 2.05) is 19.0 Å². The first kappa shape index (κ1) is 19.2. The van der Waals surface area contributed by atoms with E-state index in [1.54, 1.807) is 19.1 Å². The fourth-order valence-corrected chi connectivity index (χ4v) is 3.86. The van der Waals surface area contributed by atoms with E-state index in [-0.39, 0.29) is 23.7 Å². The van der Waals surface area contributed by atoms with E-state index >= 15 is 0 Å². The summed E-state index contributed by atoms with van der Waals surface area (Å²) in [6.07, 6.45) is 0. The molecule has 0 aromatic carbocycles. The molecule has 2 rings (SSSR count). The highest BCUT2D eigenvalue weighted by molar-refractivity contribution is 7.89. The van der Waals surface area contributed by atoms with Gasteiger partial charge in [-0.2, -0.15) is 4.31 Å². The maximum Gasteiger partial charge on any atom is 0.371 e. The van der Waals surface area contributed by atoms with E-state index in [9.17, 15) is 13.2 Å². The summed E-state index contributed by atoms with van der Waals surface area (Å²) < 4.78 is 37.9. The van der Waals surface area contributed by atoms with Gasteiger partial charge in [-0.3, -0.25) is 0 Å². The van der Waals surface area contributed by atoms with Crippen molar-refractivity contribution in [1.29, 1.82) is 0 Å². The van der Waals surface area contributed by atoms with Crippen LogP contribution in [0.3, 0.4) is 0 Å². The second kappa shape index (κ2) is 7.42. The Labute approximate surface area is 146 Å². The molecule has 9 heteroatoms. The van der Waals surface area contributed by atoms with Crippen molar-refractivity contribution in [3.63, 3.8) is 0 Å². The highest BCUT2D eigenvalue weighted by Gasteiger charge is 2.30. The van der Waals surface area contributed by atoms with Gasteiger partial charge in [0.05, 0.1) is 6.54 Å². The molecule has 25 heavy (non-hydrogen) atoms. The van der Waals surface area contributed by atoms with Gasteiger partial charge in [0.1, 0.15) is 22.2 Å². The summed E-state index contributed by atoms with van der Waals surface area (Å²) in [4.78, 5) is 12.8. The van der Waals surface area contributed by atoms with Gasteiger partial charge in [0.2, 0.25) is 15.8 Å². The van der Waals surface area contributed by atoms with Crippen molar-refractivity contribution < 1.29 is 27.2 Å². The van der Waals surface area contributed by atoms with Crippen molar-refractivity contribution in [3.8, 4) is 0 Å². The number of hydrogen-bond acceptors (Lipinski definition) is 6. The normalized spacial score (nSPS) is 12.2. The van der Waals surface area contributed by atoms with Gasteiger partial charge in [-0.25, -0.2) is 13.2 Å². The lowest BCUT2D eigenvalue weighted by atomic mass is 10.4. The lowest BCUT2D eigenvalue weighted by molar-refractivity contribution is 0.0661. The van der Waals surface area contributed by atoms with Crippen LogP contribution in [0.15, 0.2) is 31.9 Å². The lowest BCUT2D eigenvalue weighted by Gasteiger charge is -2.22. The molecule has 0 radical (unpaired) electrons. The van der Waals surface area contributed by atoms with Gasteiger partial charge >= 0.3 is 5.97 Å². The molecule has 2 aromatic heterocycles. The van der Waals surface area contributed by atoms with Crippen LogP contribution in [-0.2, 0) is 16.6 Å². The summed E-state index contributed by atoms with van der Waals surface area (Å²) in [5.41, 5.74) is 0. The fourth-order valence-electron chi connectivity index (χ4n) is 2.31. The third-order valence-electron chi connectivity index (χ3n) is 3.63. The van der Waals surface area contributed by atoms with E-state index < -0.39 is 21.8 Å². The van der Waals surface area contributed by atoms with Gasteiger partial charge < -0.3 is 18.8 Å². The number of likely N-dealkylation sites (N-methyl/N-ethyl adjacent to an activating group) is 1. The molecular weight excluding hydrogens is 348 g/mol. The zero-order chi connectivity index (χ0) is 18.8. The molecule has 0 amide bonds. The zero-order valence-electron chi connectivity index (χ0n) is 14.6. The Kier molecular flexibility index (Phi) is 5.71. The smallest absolute Gasteiger partial charge is 0.371 e. The molecule has 0 saturated heterocycles. The van der Waals surface area contributed by atoms with Crippen molar-refractivity contribution in [2.45, 2.75) is 25.3 Å². The van der Waals surface area contributed by atoms with Crippen LogP contribution in [0.4, 0.5) is 0 Å². The van der Waals surface area contributed by atoms with E-state index in [0.29, 0.717) is 18.1 Å². The van der Waals surface area contributed by atoms with E-state index in [1.165, 1.54) is 11.2 Å². The van der Waals surface area contributed by atoms with Crippen LogP contribution in [0.5, 0.6) is 0 Å². The van der Waals surface area contributed by atoms with Crippen LogP contribution in [0.2, 0.25) is 0 Å². The predicted molar refractivity (Wildman–Crippen MR) is 90.0 cm³/mol. The van der Waals surface area contributed by atoms with Crippen LogP contribution < -0.4 is 0 Å². The second-order valence-electron chi connectivity index (χ2n) is 5.99. The van der Waals surface area contributed by atoms with Gasteiger partial charge in [-0.1, -0.05) is 0 Å². The molecule has 0 aliphatic rings. The standard InChI is InChI=1S/C16H22N2O6S/c1-11-5-6-13(23-11)10-18(8-7-17(3)4)25(21,22)15-9-14(16(19)20)24-12(15)2/h5-6,9H,7-8,10H2,1-4H3,(H,19,20). The third kappa shape index (κ3) is 4.50. The first-order valence-corrected chi connectivity index (χ1v) is 9.09. The summed E-state index contributed by atoms with van der Waals surface area (Å²) in [6, 6.07) is 4.53. The fraction of sp³-hybridized carbons (Fsp3) is 0.438. The number of rotatable bonds is 8. The Morgan fingerprint density at radius 2 is 1.84 bits per heavy atom. The molecule has 2 aromatic rings. The molecule has 0 atom stereocenters. The minimum Gasteiger partial charge on any atom is -0.475 e. The number of aromatic carboxylic acids is 1. The first-order valence-electron chi connectivity index (χ1n) is 7.65. The topological polar surface area (TPSA) is 104 Å². The highest BCUT2D eigenvalue weighted by Crippen LogP contribution is 2.25. The Hall–Kier alpha value is -2.10. The van der Waals surface area contributed by atoms with Crippen molar-refractivity contribution in [2.75, 3.05) is 27.2 Å². The van der Waals surface area contributed by atoms with Gasteiger partial charge in [-0.05, 0) is 40.1 Å². The van der Waals surface area contributed by atoms with Crippen LogP contribution in [0.1, 0.15) is 27.8 Å². The molecule has 0 aliphatic carbocycles. The van der Waals surface area contributed by atoms with Gasteiger partial charge in [0, 0.05) is 19.2 Å². The third-order valence-corrected chi connectivity index (χ3v) is 5.58. The monoisotopic (exact) mass is 370 g/mol. The molecule has 0 fully saturated rings. The maximum atomic E-state index is 13.0. The van der Waals surface area contributed by atoms with E-state index in [0.717, 1.165) is 6.07 Å². The summed E-state index contributed by atoms with van der Waals surface area (Å²) in [5.74, 6) is -0.474. The number of sulfonamides is 1. The molecule has 8 nitrogen and oxygen atoms in total. The Balaban J connectivity index is 2.37. The number of nitrogens with zero attached hydrogens (tertiary/aromatic N) is 2. The van der Waals surface area contributed by atoms with Crippen LogP contribution in [0.25, 0.3) is 0 Å². The van der Waals surface area contributed by atoms with E-state index in [2.05, 4.69) is 0 Å². The summed E-state index contributed by atoms with van der Waals surface area (Å²) in [5, 5.41) is 9.02. The average molecular weight is 370 g/mol. The van der Waals surface area contributed by atoms with Crippen molar-refractivity contribution in [2.24, 2.45) is 0 Å². The zero-order valence-corrected chi connectivity index (χ0v) is 15.5. The molecule has 138 valence electrons. The predicted octanol–water partition coefficient (Wildman–Crippen LogP) is 1.94. The number of furan rings is 2. The number of carboxylic acids is 1. The first-order chi connectivity index (χ1) is 11.6. The summed E-state index contributed by atoms with van der Waals surface area (Å²) in [7, 11) is -0.258. The number of hydrogen-bond donors (Lipinski definition) is 1. The molecule has 0 unspecified atom stereocenters. The average Bonchev–Trinajstić information content (AvgIpc) is 3.09. The Bertz CT molecular complexity index is 850. The quantitative estimate of drug-likeness (QED) is 0.757. The maximum absolute atomic E-state index is 13.0. The molecular formula is C16H22N2O6S. The largest absolute Gasteiger partial charge is 0.475 e. The van der Waals surface area contributed by atoms with Gasteiger partial charge in [0.25, 0.3) is 0 Å². The molecule has 0 aliphatic heterocycles. The molecule has 0 bridgehead atoms. The molecule has 0 saturated carbocycles. The highest BCUT2D eigenvalue weighted by atomic mass is 32.2. The minimum absolute atomic E-state index is 0.0443. The second-order valence-corrected chi connectivity index (χ2v) is 7.90. The Morgan fingerprint density at radius 1 is 1.16 bits per heavy atom. The van der Waals surface area contributed by atoms with E-state index in [4.69, 9.17) is 13.9 Å². The molecule has 2 heterocycles. The molecule has 0 spiro atoms. The van der Waals surface area contributed by atoms with Crippen molar-refractivity contribution in [3.05, 3.63) is 41.2 Å². The number of carbonyl (C=O) groups is 1. The van der Waals surface area contributed by atoms with Crippen LogP contribution in [-0.4, -0.2) is 55.9 Å². The summed E-state index contributed by atoms with van der Waals surface area (Å²) in [6.45, 7) is 3.99. The van der Waals surface area contributed by atoms with Gasteiger partial charge in [-0.15, -0.1) is 0 Å².